The number of ether oxygens (including phenoxy) is 2. The normalized spacial score (nSPS) is 18.6. The van der Waals surface area contributed by atoms with E-state index in [1.54, 1.807) is 13.2 Å². The summed E-state index contributed by atoms with van der Waals surface area (Å²) >= 11 is 0. The Hall–Kier alpha value is -3.23. The van der Waals surface area contributed by atoms with Gasteiger partial charge in [-0.3, -0.25) is 4.79 Å². The molecular weight excluding hydrogens is 611 g/mol. The maximum atomic E-state index is 13.5. The van der Waals surface area contributed by atoms with Crippen LogP contribution in [0.3, 0.4) is 0 Å². The van der Waals surface area contributed by atoms with Crippen LogP contribution in [0.15, 0.2) is 73.8 Å². The summed E-state index contributed by atoms with van der Waals surface area (Å²) < 4.78 is 75.8. The predicted molar refractivity (Wildman–Crippen MR) is 166 cm³/mol. The molecule has 3 N–H and O–H groups in total. The molecule has 1 aliphatic rings. The summed E-state index contributed by atoms with van der Waals surface area (Å²) in [5.74, 6) is -1.29. The van der Waals surface area contributed by atoms with Crippen LogP contribution in [-0.4, -0.2) is 81.2 Å². The van der Waals surface area contributed by atoms with Gasteiger partial charge in [-0.15, -0.1) is 13.2 Å². The number of nitrogens with zero attached hydrogens (tertiary/aromatic N) is 1. The van der Waals surface area contributed by atoms with Crippen LogP contribution < -0.4 is 15.4 Å². The summed E-state index contributed by atoms with van der Waals surface area (Å²) in [6.45, 7) is 7.71. The van der Waals surface area contributed by atoms with Crippen LogP contribution in [0.4, 0.5) is 13.2 Å². The smallest absolute Gasteiger partial charge is 0.390 e. The second-order valence-corrected chi connectivity index (χ2v) is 13.1. The first-order valence-electron chi connectivity index (χ1n) is 14.6. The number of aliphatic hydroxyl groups excluding tert-OH is 1. The number of nitrogens with one attached hydrogen (secondary N) is 2. The van der Waals surface area contributed by atoms with Gasteiger partial charge in [-0.2, -0.15) is 17.5 Å². The van der Waals surface area contributed by atoms with Crippen LogP contribution in [0.5, 0.6) is 5.75 Å². The third-order valence-corrected chi connectivity index (χ3v) is 9.61. The molecule has 0 fully saturated rings. The molecule has 0 aliphatic heterocycles. The van der Waals surface area contributed by atoms with Gasteiger partial charge in [-0.1, -0.05) is 48.6 Å². The van der Waals surface area contributed by atoms with E-state index in [-0.39, 0.29) is 31.5 Å². The number of amides is 1. The van der Waals surface area contributed by atoms with Crippen molar-refractivity contribution in [3.8, 4) is 5.75 Å². The number of likely N-dealkylation sites (N-methyl/N-ethyl adjacent to an activating group) is 1. The third kappa shape index (κ3) is 10.4. The van der Waals surface area contributed by atoms with Gasteiger partial charge in [0.15, 0.2) is 0 Å². The highest BCUT2D eigenvalue weighted by Gasteiger charge is 2.37. The Bertz CT molecular complexity index is 1390. The number of aliphatic hydroxyl groups is 1. The highest BCUT2D eigenvalue weighted by Crippen LogP contribution is 2.42. The van der Waals surface area contributed by atoms with Crippen LogP contribution in [0.2, 0.25) is 0 Å². The molecule has 1 aliphatic carbocycles. The standard InChI is InChI=1S/C32H42F3N3O6S/c1-5-10-28(38(3)45(41,42)17-15-32(33,34)35)31(40)37-27(18-22-11-8-7-9-12-22)29(39)21-36-26-20-30(44-16-6-2)24-14-13-23(43-4)19-25(24)26/h5-9,11-14,19,26-30,36,39H,1-2,10,15-18,20-21H2,3-4H3,(H,37,40)/t26-,27-,28-,29+,30+/m0/s1. The molecule has 45 heavy (non-hydrogen) atoms. The molecule has 13 heteroatoms. The molecule has 0 radical (unpaired) electrons. The van der Waals surface area contributed by atoms with E-state index in [0.29, 0.717) is 23.1 Å². The molecular formula is C32H42F3N3O6S. The Morgan fingerprint density at radius 2 is 1.87 bits per heavy atom. The molecule has 0 bridgehead atoms. The van der Waals surface area contributed by atoms with Crippen molar-refractivity contribution >= 4 is 15.9 Å². The number of hydrogen-bond donors (Lipinski definition) is 3. The monoisotopic (exact) mass is 653 g/mol. The SMILES string of the molecule is C=CCO[C@@H]1C[C@H](NC[C@@H](O)[C@H](Cc2ccccc2)NC(=O)[C@H](CC=C)N(C)S(=O)(=O)CCC(F)(F)F)c2cc(OC)ccc21. The number of alkyl halides is 3. The van der Waals surface area contributed by atoms with Crippen LogP contribution in [-0.2, 0) is 26.0 Å². The van der Waals surface area contributed by atoms with E-state index in [4.69, 9.17) is 9.47 Å². The average molecular weight is 654 g/mol. The zero-order valence-electron chi connectivity index (χ0n) is 25.5. The maximum Gasteiger partial charge on any atom is 0.390 e. The Morgan fingerprint density at radius 3 is 2.49 bits per heavy atom. The summed E-state index contributed by atoms with van der Waals surface area (Å²) in [7, 11) is -1.80. The van der Waals surface area contributed by atoms with Gasteiger partial charge in [-0.25, -0.2) is 8.42 Å². The Morgan fingerprint density at radius 1 is 1.16 bits per heavy atom. The van der Waals surface area contributed by atoms with Crippen molar-refractivity contribution in [3.05, 3.63) is 90.5 Å². The van der Waals surface area contributed by atoms with Gasteiger partial charge >= 0.3 is 6.18 Å². The summed E-state index contributed by atoms with van der Waals surface area (Å²) in [5, 5.41) is 17.5. The minimum absolute atomic E-state index is 0.0547. The molecule has 2 aromatic rings. The highest BCUT2D eigenvalue weighted by atomic mass is 32.2. The number of rotatable bonds is 18. The number of methoxy groups -OCH3 is 1. The van der Waals surface area contributed by atoms with Crippen LogP contribution in [0, 0.1) is 0 Å². The summed E-state index contributed by atoms with van der Waals surface area (Å²) in [6, 6.07) is 12.4. The van der Waals surface area contributed by atoms with Gasteiger partial charge in [0.1, 0.15) is 11.8 Å². The van der Waals surface area contributed by atoms with E-state index in [1.807, 2.05) is 48.5 Å². The molecule has 3 rings (SSSR count). The van der Waals surface area contributed by atoms with Crippen LogP contribution in [0.1, 0.15) is 48.1 Å². The quantitative estimate of drug-likeness (QED) is 0.206. The van der Waals surface area contributed by atoms with Crippen molar-refractivity contribution in [2.24, 2.45) is 0 Å². The summed E-state index contributed by atoms with van der Waals surface area (Å²) in [5.41, 5.74) is 2.75. The number of carbonyl (C=O) groups is 1. The van der Waals surface area contributed by atoms with Gasteiger partial charge in [0.05, 0.1) is 44.1 Å². The van der Waals surface area contributed by atoms with E-state index < -0.39 is 52.5 Å². The largest absolute Gasteiger partial charge is 0.497 e. The molecule has 0 saturated carbocycles. The number of carbonyl (C=O) groups excluding carboxylic acids is 1. The number of hydrogen-bond acceptors (Lipinski definition) is 7. The Balaban J connectivity index is 1.79. The number of halogens is 3. The van der Waals surface area contributed by atoms with Crippen LogP contribution >= 0.6 is 0 Å². The molecule has 0 unspecified atom stereocenters. The first kappa shape index (κ1) is 36.2. The lowest BCUT2D eigenvalue weighted by molar-refractivity contribution is -0.130. The van der Waals surface area contributed by atoms with E-state index in [2.05, 4.69) is 23.8 Å². The molecule has 0 heterocycles. The van der Waals surface area contributed by atoms with E-state index in [1.165, 1.54) is 6.08 Å². The fraction of sp³-hybridized carbons (Fsp3) is 0.469. The van der Waals surface area contributed by atoms with Gasteiger partial charge in [-0.05, 0) is 48.1 Å². The predicted octanol–water partition coefficient (Wildman–Crippen LogP) is 4.22. The average Bonchev–Trinajstić information content (AvgIpc) is 3.36. The topological polar surface area (TPSA) is 117 Å². The molecule has 5 atom stereocenters. The number of benzene rings is 2. The lowest BCUT2D eigenvalue weighted by Gasteiger charge is -2.31. The van der Waals surface area contributed by atoms with Crippen molar-refractivity contribution in [1.29, 1.82) is 0 Å². The van der Waals surface area contributed by atoms with Crippen molar-refractivity contribution in [3.63, 3.8) is 0 Å². The zero-order valence-corrected chi connectivity index (χ0v) is 26.3. The lowest BCUT2D eigenvalue weighted by Crippen LogP contribution is -2.55. The summed E-state index contributed by atoms with van der Waals surface area (Å²) in [6.07, 6.45) is -3.91. The number of sulfonamides is 1. The van der Waals surface area contributed by atoms with Crippen molar-refractivity contribution in [1.82, 2.24) is 14.9 Å². The first-order valence-corrected chi connectivity index (χ1v) is 16.2. The summed E-state index contributed by atoms with van der Waals surface area (Å²) in [4.78, 5) is 13.5. The zero-order chi connectivity index (χ0) is 33.2. The molecule has 0 saturated heterocycles. The molecule has 248 valence electrons. The highest BCUT2D eigenvalue weighted by molar-refractivity contribution is 7.89. The van der Waals surface area contributed by atoms with Gasteiger partial charge in [0.25, 0.3) is 0 Å². The fourth-order valence-corrected chi connectivity index (χ4v) is 6.62. The van der Waals surface area contributed by atoms with Gasteiger partial charge < -0.3 is 25.2 Å². The number of fused-ring (bicyclic) bond motifs is 1. The van der Waals surface area contributed by atoms with E-state index in [9.17, 15) is 31.5 Å². The molecule has 1 amide bonds. The van der Waals surface area contributed by atoms with Gasteiger partial charge in [0, 0.05) is 19.6 Å². The molecule has 0 spiro atoms. The minimum atomic E-state index is -4.68. The van der Waals surface area contributed by atoms with Crippen molar-refractivity contribution in [2.45, 2.75) is 62.2 Å². The minimum Gasteiger partial charge on any atom is -0.497 e. The Kier molecular flexibility index (Phi) is 13.2. The fourth-order valence-electron chi connectivity index (χ4n) is 5.27. The molecule has 9 nitrogen and oxygen atoms in total. The van der Waals surface area contributed by atoms with Gasteiger partial charge in [0.2, 0.25) is 15.9 Å². The lowest BCUT2D eigenvalue weighted by atomic mass is 9.99. The van der Waals surface area contributed by atoms with Crippen LogP contribution in [0.25, 0.3) is 0 Å². The van der Waals surface area contributed by atoms with Crippen molar-refractivity contribution < 1.29 is 41.0 Å². The maximum absolute atomic E-state index is 13.5. The first-order chi connectivity index (χ1) is 21.3. The second kappa shape index (κ2) is 16.4. The molecule has 0 aromatic heterocycles. The van der Waals surface area contributed by atoms with Crippen molar-refractivity contribution in [2.75, 3.05) is 33.1 Å². The second-order valence-electron chi connectivity index (χ2n) is 10.9. The molecule has 2 aromatic carbocycles. The van der Waals surface area contributed by atoms with E-state index >= 15 is 0 Å². The Labute approximate surface area is 263 Å². The third-order valence-electron chi connectivity index (χ3n) is 7.76. The van der Waals surface area contributed by atoms with E-state index in [0.717, 1.165) is 23.7 Å².